The first-order valence-electron chi connectivity index (χ1n) is 14.0. The van der Waals surface area contributed by atoms with Gasteiger partial charge in [0.05, 0.1) is 0 Å². The third-order valence-corrected chi connectivity index (χ3v) is 7.92. The molecule has 216 valence electrons. The van der Waals surface area contributed by atoms with Crippen molar-refractivity contribution in [3.8, 4) is 0 Å². The van der Waals surface area contributed by atoms with Gasteiger partial charge in [-0.05, 0) is 61.5 Å². The standard InChI is InChI=1S/C30H40N4O3.CH2O2/c1-5-20(6-2)28-29(36)32-27(24-17-21-11-7-8-12-22(21)18-24)30(37)34(28)19-23-13-9-10-14-25(23)31-26(35)15-16-33(3)4;2-1-3/h7-14,20,24,27-28H,5-6,15-19H2,1-4H3,(H,31,35)(H,32,36);1H,(H,2,3). The molecule has 2 aromatic carbocycles. The van der Waals surface area contributed by atoms with E-state index in [1.807, 2.05) is 55.4 Å². The van der Waals surface area contributed by atoms with Crippen molar-refractivity contribution < 1.29 is 24.3 Å². The van der Waals surface area contributed by atoms with E-state index in [1.165, 1.54) is 11.1 Å². The monoisotopic (exact) mass is 550 g/mol. The lowest BCUT2D eigenvalue weighted by molar-refractivity contribution is -0.154. The summed E-state index contributed by atoms with van der Waals surface area (Å²) in [5.74, 6) is -0.0562. The van der Waals surface area contributed by atoms with Crippen LogP contribution in [0, 0.1) is 11.8 Å². The fourth-order valence-corrected chi connectivity index (χ4v) is 5.79. The maximum atomic E-state index is 14.1. The Kier molecular flexibility index (Phi) is 11.3. The van der Waals surface area contributed by atoms with Crippen LogP contribution in [-0.2, 0) is 38.6 Å². The molecule has 2 atom stereocenters. The molecule has 3 N–H and O–H groups in total. The highest BCUT2D eigenvalue weighted by atomic mass is 16.3. The summed E-state index contributed by atoms with van der Waals surface area (Å²) in [6, 6.07) is 14.8. The number of carbonyl (C=O) groups is 4. The van der Waals surface area contributed by atoms with Gasteiger partial charge in [0.15, 0.2) is 0 Å². The maximum absolute atomic E-state index is 14.1. The van der Waals surface area contributed by atoms with Crippen LogP contribution < -0.4 is 10.6 Å². The third kappa shape index (κ3) is 7.47. The molecule has 2 unspecified atom stereocenters. The zero-order valence-corrected chi connectivity index (χ0v) is 23.9. The SMILES string of the molecule is CCC(CC)C1C(=O)NC(C2Cc3ccccc3C2)C(=O)N1Cc1ccccc1NC(=O)CCN(C)C.O=CO. The van der Waals surface area contributed by atoms with E-state index in [4.69, 9.17) is 9.90 Å². The summed E-state index contributed by atoms with van der Waals surface area (Å²) < 4.78 is 0. The van der Waals surface area contributed by atoms with Crippen LogP contribution in [0.5, 0.6) is 0 Å². The normalized spacial score (nSPS) is 18.7. The molecule has 0 bridgehead atoms. The second kappa shape index (κ2) is 14.6. The van der Waals surface area contributed by atoms with Gasteiger partial charge in [0.2, 0.25) is 17.7 Å². The Balaban J connectivity index is 0.00000141. The number of piperazine rings is 1. The van der Waals surface area contributed by atoms with Gasteiger partial charge in [-0.15, -0.1) is 0 Å². The Bertz CT molecular complexity index is 1150. The van der Waals surface area contributed by atoms with Gasteiger partial charge in [0, 0.05) is 25.2 Å². The molecular formula is C31H42N4O5. The molecule has 3 amide bonds. The maximum Gasteiger partial charge on any atom is 0.290 e. The molecule has 40 heavy (non-hydrogen) atoms. The molecule has 0 saturated carbocycles. The molecule has 1 aliphatic carbocycles. The highest BCUT2D eigenvalue weighted by Crippen LogP contribution is 2.34. The zero-order valence-electron chi connectivity index (χ0n) is 23.9. The van der Waals surface area contributed by atoms with Gasteiger partial charge >= 0.3 is 0 Å². The number of carboxylic acid groups (broad SMARTS) is 1. The molecule has 9 nitrogen and oxygen atoms in total. The van der Waals surface area contributed by atoms with E-state index in [9.17, 15) is 14.4 Å². The summed E-state index contributed by atoms with van der Waals surface area (Å²) in [6.07, 6.45) is 3.57. The smallest absolute Gasteiger partial charge is 0.290 e. The van der Waals surface area contributed by atoms with E-state index in [-0.39, 0.29) is 42.6 Å². The number of para-hydroxylation sites is 1. The van der Waals surface area contributed by atoms with Crippen molar-refractivity contribution in [1.82, 2.24) is 15.1 Å². The van der Waals surface area contributed by atoms with Crippen LogP contribution in [0.2, 0.25) is 0 Å². The Labute approximate surface area is 236 Å². The Morgan fingerprint density at radius 2 is 1.65 bits per heavy atom. The van der Waals surface area contributed by atoms with E-state index in [1.54, 1.807) is 4.90 Å². The molecule has 0 aromatic heterocycles. The number of fused-ring (bicyclic) bond motifs is 1. The molecule has 4 rings (SSSR count). The number of nitrogens with one attached hydrogen (secondary N) is 2. The molecule has 1 fully saturated rings. The molecule has 0 spiro atoms. The Morgan fingerprint density at radius 1 is 1.07 bits per heavy atom. The lowest BCUT2D eigenvalue weighted by Crippen LogP contribution is -2.66. The number of amides is 3. The van der Waals surface area contributed by atoms with Crippen molar-refractivity contribution in [3.63, 3.8) is 0 Å². The minimum Gasteiger partial charge on any atom is -0.483 e. The van der Waals surface area contributed by atoms with Crippen LogP contribution in [0.15, 0.2) is 48.5 Å². The van der Waals surface area contributed by atoms with Gasteiger partial charge in [-0.25, -0.2) is 0 Å². The van der Waals surface area contributed by atoms with E-state index >= 15 is 0 Å². The van der Waals surface area contributed by atoms with E-state index in [0.29, 0.717) is 18.7 Å². The fourth-order valence-electron chi connectivity index (χ4n) is 5.79. The van der Waals surface area contributed by atoms with Crippen molar-refractivity contribution >= 4 is 29.9 Å². The highest BCUT2D eigenvalue weighted by molar-refractivity contribution is 5.98. The predicted molar refractivity (Wildman–Crippen MR) is 155 cm³/mol. The Hall–Kier alpha value is -3.72. The molecule has 2 aliphatic rings. The number of carbonyl (C=O) groups excluding carboxylic acids is 3. The van der Waals surface area contributed by atoms with Crippen LogP contribution >= 0.6 is 0 Å². The molecule has 9 heteroatoms. The second-order valence-corrected chi connectivity index (χ2v) is 10.8. The van der Waals surface area contributed by atoms with Gasteiger partial charge < -0.3 is 25.5 Å². The topological polar surface area (TPSA) is 119 Å². The second-order valence-electron chi connectivity index (χ2n) is 10.8. The van der Waals surface area contributed by atoms with Crippen LogP contribution in [-0.4, -0.2) is 71.8 Å². The van der Waals surface area contributed by atoms with Gasteiger partial charge in [-0.2, -0.15) is 0 Å². The first-order valence-corrected chi connectivity index (χ1v) is 14.0. The first-order chi connectivity index (χ1) is 19.2. The number of rotatable bonds is 10. The summed E-state index contributed by atoms with van der Waals surface area (Å²) in [6.45, 7) is 4.83. The van der Waals surface area contributed by atoms with E-state index in [0.717, 1.165) is 31.2 Å². The largest absolute Gasteiger partial charge is 0.483 e. The quantitative estimate of drug-likeness (QED) is 0.391. The third-order valence-electron chi connectivity index (χ3n) is 7.92. The van der Waals surface area contributed by atoms with Crippen molar-refractivity contribution in [3.05, 3.63) is 65.2 Å². The molecule has 1 heterocycles. The Morgan fingerprint density at radius 3 is 2.23 bits per heavy atom. The highest BCUT2D eigenvalue weighted by Gasteiger charge is 2.47. The summed E-state index contributed by atoms with van der Waals surface area (Å²) in [5, 5.41) is 13.0. The van der Waals surface area contributed by atoms with E-state index < -0.39 is 12.1 Å². The molecule has 1 saturated heterocycles. The average Bonchev–Trinajstić information content (AvgIpc) is 3.37. The summed E-state index contributed by atoms with van der Waals surface area (Å²) in [7, 11) is 3.87. The molecule has 1 aliphatic heterocycles. The average molecular weight is 551 g/mol. The molecular weight excluding hydrogens is 508 g/mol. The lowest BCUT2D eigenvalue weighted by Gasteiger charge is -2.44. The number of anilines is 1. The number of hydrogen-bond donors (Lipinski definition) is 3. The summed E-state index contributed by atoms with van der Waals surface area (Å²) >= 11 is 0. The van der Waals surface area contributed by atoms with Gasteiger partial charge in [0.1, 0.15) is 12.1 Å². The lowest BCUT2D eigenvalue weighted by atomic mass is 9.86. The minimum atomic E-state index is -0.549. The van der Waals surface area contributed by atoms with Crippen molar-refractivity contribution in [1.29, 1.82) is 0 Å². The van der Waals surface area contributed by atoms with Crippen molar-refractivity contribution in [2.24, 2.45) is 11.8 Å². The van der Waals surface area contributed by atoms with Gasteiger partial charge in [-0.1, -0.05) is 69.2 Å². The number of benzene rings is 2. The van der Waals surface area contributed by atoms with Crippen molar-refractivity contribution in [2.75, 3.05) is 26.0 Å². The van der Waals surface area contributed by atoms with Gasteiger partial charge in [-0.3, -0.25) is 19.2 Å². The fraction of sp³-hybridized carbons (Fsp3) is 0.484. The molecule has 2 aromatic rings. The van der Waals surface area contributed by atoms with Gasteiger partial charge in [0.25, 0.3) is 6.47 Å². The van der Waals surface area contributed by atoms with Crippen molar-refractivity contribution in [2.45, 2.75) is 64.6 Å². The predicted octanol–water partition coefficient (Wildman–Crippen LogP) is 3.32. The minimum absolute atomic E-state index is 0.0250. The van der Waals surface area contributed by atoms with Crippen LogP contribution in [0.4, 0.5) is 5.69 Å². The zero-order chi connectivity index (χ0) is 29.2. The first kappa shape index (κ1) is 30.8. The number of nitrogens with zero attached hydrogens (tertiary/aromatic N) is 2. The molecule has 0 radical (unpaired) electrons. The number of hydrogen-bond acceptors (Lipinski definition) is 5. The summed E-state index contributed by atoms with van der Waals surface area (Å²) in [5.41, 5.74) is 4.05. The van der Waals surface area contributed by atoms with E-state index in [2.05, 4.69) is 36.6 Å². The van der Waals surface area contributed by atoms with Crippen LogP contribution in [0.25, 0.3) is 0 Å². The summed E-state index contributed by atoms with van der Waals surface area (Å²) in [4.78, 5) is 52.4. The van der Waals surface area contributed by atoms with Crippen LogP contribution in [0.3, 0.4) is 0 Å². The van der Waals surface area contributed by atoms with Crippen LogP contribution in [0.1, 0.15) is 49.8 Å².